The molecule has 24 heavy (non-hydrogen) atoms. The smallest absolute Gasteiger partial charge is 0.394 e. The van der Waals surface area contributed by atoms with E-state index in [-0.39, 0.29) is 16.0 Å². The monoisotopic (exact) mass is 371 g/mol. The summed E-state index contributed by atoms with van der Waals surface area (Å²) < 4.78 is 84.3. The summed E-state index contributed by atoms with van der Waals surface area (Å²) in [5, 5.41) is 2.99. The lowest BCUT2D eigenvalue weighted by Crippen LogP contribution is -2.62. The summed E-state index contributed by atoms with van der Waals surface area (Å²) in [4.78, 5) is 23.7. The number of amides is 2. The van der Waals surface area contributed by atoms with Crippen molar-refractivity contribution in [3.05, 3.63) is 35.4 Å². The lowest BCUT2D eigenvalue weighted by atomic mass is 10.1. The predicted octanol–water partition coefficient (Wildman–Crippen LogP) is 0.759. The number of alkyl halides is 4. The molecule has 132 valence electrons. The van der Waals surface area contributed by atoms with Crippen LogP contribution in [-0.2, 0) is 10.1 Å². The number of carbonyl (C=O) groups excluding carboxylic acids is 2. The number of hydrogen-bond donors (Lipinski definition) is 2. The van der Waals surface area contributed by atoms with Gasteiger partial charge in [-0.15, -0.1) is 0 Å². The first-order valence-electron chi connectivity index (χ1n) is 6.18. The van der Waals surface area contributed by atoms with Gasteiger partial charge in [-0.3, -0.25) is 19.0 Å². The highest BCUT2D eigenvalue weighted by Gasteiger charge is 2.71. The van der Waals surface area contributed by atoms with Crippen molar-refractivity contribution in [1.82, 2.24) is 4.90 Å². The van der Waals surface area contributed by atoms with E-state index in [1.54, 1.807) is 0 Å². The molecule has 0 bridgehead atoms. The van der Waals surface area contributed by atoms with Gasteiger partial charge >= 0.3 is 21.3 Å². The highest BCUT2D eigenvalue weighted by Crippen LogP contribution is 2.43. The first kappa shape index (κ1) is 18.3. The minimum Gasteiger partial charge on any atom is -0.394 e. The highest BCUT2D eigenvalue weighted by atomic mass is 32.2. The van der Waals surface area contributed by atoms with Gasteiger partial charge in [0.1, 0.15) is 6.04 Å². The van der Waals surface area contributed by atoms with Crippen LogP contribution >= 0.6 is 0 Å². The molecule has 1 atom stereocenters. The molecule has 1 aromatic rings. The number of imide groups is 1. The molecule has 1 aliphatic rings. The van der Waals surface area contributed by atoms with Crippen molar-refractivity contribution in [3.63, 3.8) is 0 Å². The number of aliphatic hydroxyl groups excluding tert-OH is 1. The first-order valence-corrected chi connectivity index (χ1v) is 7.62. The Morgan fingerprint density at radius 1 is 1.04 bits per heavy atom. The Balaban J connectivity index is 2.55. The third-order valence-corrected chi connectivity index (χ3v) is 4.36. The molecule has 7 nitrogen and oxygen atoms in total. The van der Waals surface area contributed by atoms with Gasteiger partial charge in [-0.05, 0) is 12.1 Å². The Bertz CT molecular complexity index is 775. The van der Waals surface area contributed by atoms with Crippen molar-refractivity contribution in [2.45, 2.75) is 17.2 Å². The zero-order chi connectivity index (χ0) is 18.5. The van der Waals surface area contributed by atoms with Crippen molar-refractivity contribution in [2.24, 2.45) is 0 Å². The Kier molecular flexibility index (Phi) is 4.19. The fourth-order valence-corrected chi connectivity index (χ4v) is 2.70. The van der Waals surface area contributed by atoms with E-state index in [1.165, 1.54) is 12.1 Å². The number of carbonyl (C=O) groups is 2. The summed E-state index contributed by atoms with van der Waals surface area (Å²) in [5.41, 5.74) is -0.737. The molecule has 0 spiro atoms. The van der Waals surface area contributed by atoms with Crippen LogP contribution in [0.25, 0.3) is 0 Å². The minimum absolute atomic E-state index is 0.343. The van der Waals surface area contributed by atoms with Gasteiger partial charge in [0.25, 0.3) is 11.8 Å². The molecule has 0 saturated heterocycles. The van der Waals surface area contributed by atoms with E-state index in [4.69, 9.17) is 9.66 Å². The SMILES string of the molecule is O=C1c2ccccc2C(=O)N1C(CO)C(F)(F)C(F)(F)S(=O)(=O)O. The van der Waals surface area contributed by atoms with Gasteiger partial charge < -0.3 is 5.11 Å². The van der Waals surface area contributed by atoms with Crippen molar-refractivity contribution in [2.75, 3.05) is 6.61 Å². The molecule has 1 aliphatic heterocycles. The summed E-state index contributed by atoms with van der Waals surface area (Å²) >= 11 is 0. The Hall–Kier alpha value is -2.05. The number of halogens is 4. The zero-order valence-corrected chi connectivity index (χ0v) is 12.3. The quantitative estimate of drug-likeness (QED) is 0.449. The van der Waals surface area contributed by atoms with Gasteiger partial charge in [0.15, 0.2) is 0 Å². The molecule has 2 amide bonds. The van der Waals surface area contributed by atoms with E-state index in [9.17, 15) is 35.6 Å². The Morgan fingerprint density at radius 3 is 1.79 bits per heavy atom. The lowest BCUT2D eigenvalue weighted by molar-refractivity contribution is -0.195. The zero-order valence-electron chi connectivity index (χ0n) is 11.5. The van der Waals surface area contributed by atoms with Crippen LogP contribution < -0.4 is 0 Å². The van der Waals surface area contributed by atoms with Gasteiger partial charge in [-0.1, -0.05) is 12.1 Å². The average molecular weight is 371 g/mol. The van der Waals surface area contributed by atoms with Crippen LogP contribution in [0.2, 0.25) is 0 Å². The third-order valence-electron chi connectivity index (χ3n) is 3.44. The van der Waals surface area contributed by atoms with Crippen LogP contribution in [0.5, 0.6) is 0 Å². The standard InChI is InChI=1S/C12H9F4NO6S/c13-11(14,12(15,16)24(21,22)23)8(5-18)17-9(19)6-3-1-2-4-7(6)10(17)20/h1-4,8,18H,5H2,(H,21,22,23). The molecule has 0 aromatic heterocycles. The van der Waals surface area contributed by atoms with Crippen LogP contribution in [-0.4, -0.2) is 58.6 Å². The topological polar surface area (TPSA) is 112 Å². The Labute approximate surface area is 132 Å². The molecular weight excluding hydrogens is 362 g/mol. The van der Waals surface area contributed by atoms with E-state index in [1.807, 2.05) is 0 Å². The molecule has 2 N–H and O–H groups in total. The molecule has 1 unspecified atom stereocenters. The normalized spacial score (nSPS) is 17.2. The van der Waals surface area contributed by atoms with E-state index < -0.39 is 45.8 Å². The van der Waals surface area contributed by atoms with E-state index in [0.29, 0.717) is 0 Å². The van der Waals surface area contributed by atoms with Gasteiger partial charge in [0.2, 0.25) is 0 Å². The summed E-state index contributed by atoms with van der Waals surface area (Å²) in [6.45, 7) is -1.86. The fourth-order valence-electron chi connectivity index (χ4n) is 2.22. The summed E-state index contributed by atoms with van der Waals surface area (Å²) in [6.07, 6.45) is 0. The van der Waals surface area contributed by atoms with Crippen LogP contribution in [0.3, 0.4) is 0 Å². The van der Waals surface area contributed by atoms with E-state index in [2.05, 4.69) is 0 Å². The Morgan fingerprint density at radius 2 is 1.46 bits per heavy atom. The second-order valence-corrected chi connectivity index (χ2v) is 6.30. The first-order chi connectivity index (χ1) is 10.9. The minimum atomic E-state index is -6.59. The van der Waals surface area contributed by atoms with Crippen molar-refractivity contribution in [3.8, 4) is 0 Å². The highest BCUT2D eigenvalue weighted by molar-refractivity contribution is 7.87. The largest absolute Gasteiger partial charge is 0.433 e. The maximum Gasteiger partial charge on any atom is 0.433 e. The molecule has 0 fully saturated rings. The summed E-state index contributed by atoms with van der Waals surface area (Å²) in [7, 11) is -6.59. The van der Waals surface area contributed by atoms with Crippen molar-refractivity contribution in [1.29, 1.82) is 0 Å². The molecule has 12 heteroatoms. The molecule has 1 aromatic carbocycles. The van der Waals surface area contributed by atoms with Crippen LogP contribution in [0.4, 0.5) is 17.6 Å². The van der Waals surface area contributed by atoms with Gasteiger partial charge in [0, 0.05) is 0 Å². The molecule has 0 radical (unpaired) electrons. The van der Waals surface area contributed by atoms with Crippen molar-refractivity contribution < 1.29 is 45.2 Å². The van der Waals surface area contributed by atoms with Crippen LogP contribution in [0.1, 0.15) is 20.7 Å². The van der Waals surface area contributed by atoms with E-state index in [0.717, 1.165) is 12.1 Å². The molecule has 0 aliphatic carbocycles. The summed E-state index contributed by atoms with van der Waals surface area (Å²) in [6, 6.07) is 1.51. The number of rotatable bonds is 5. The molecule has 2 rings (SSSR count). The van der Waals surface area contributed by atoms with Gasteiger partial charge in [-0.2, -0.15) is 26.0 Å². The molecular formula is C12H9F4NO6S. The van der Waals surface area contributed by atoms with E-state index >= 15 is 0 Å². The lowest BCUT2D eigenvalue weighted by Gasteiger charge is -2.34. The number of aliphatic hydroxyl groups is 1. The van der Waals surface area contributed by atoms with Crippen LogP contribution in [0.15, 0.2) is 24.3 Å². The second kappa shape index (κ2) is 5.50. The number of fused-ring (bicyclic) bond motifs is 1. The third kappa shape index (κ3) is 2.37. The van der Waals surface area contributed by atoms with Gasteiger partial charge in [0.05, 0.1) is 17.7 Å². The second-order valence-electron chi connectivity index (χ2n) is 4.84. The average Bonchev–Trinajstić information content (AvgIpc) is 2.72. The van der Waals surface area contributed by atoms with Crippen molar-refractivity contribution >= 4 is 21.9 Å². The number of nitrogens with zero attached hydrogens (tertiary/aromatic N) is 1. The number of benzene rings is 1. The fraction of sp³-hybridized carbons (Fsp3) is 0.333. The van der Waals surface area contributed by atoms with Crippen LogP contribution in [0, 0.1) is 0 Å². The molecule has 0 saturated carbocycles. The predicted molar refractivity (Wildman–Crippen MR) is 69.3 cm³/mol. The van der Waals surface area contributed by atoms with Gasteiger partial charge in [-0.25, -0.2) is 0 Å². The number of hydrogen-bond acceptors (Lipinski definition) is 5. The summed E-state index contributed by atoms with van der Waals surface area (Å²) in [5.74, 6) is -8.45. The molecule has 1 heterocycles. The maximum absolute atomic E-state index is 14.0. The maximum atomic E-state index is 14.0.